The van der Waals surface area contributed by atoms with Crippen LogP contribution in [-0.2, 0) is 6.42 Å². The lowest BCUT2D eigenvalue weighted by Crippen LogP contribution is -2.18. The van der Waals surface area contributed by atoms with Crippen molar-refractivity contribution < 1.29 is 0 Å². The lowest BCUT2D eigenvalue weighted by Gasteiger charge is -2.14. The molecule has 1 heterocycles. The van der Waals surface area contributed by atoms with E-state index in [1.807, 2.05) is 18.7 Å². The fourth-order valence-electron chi connectivity index (χ4n) is 1.75. The van der Waals surface area contributed by atoms with E-state index in [0.29, 0.717) is 4.75 Å². The van der Waals surface area contributed by atoms with Gasteiger partial charge in [0, 0.05) is 23.1 Å². The van der Waals surface area contributed by atoms with Gasteiger partial charge in [-0.25, -0.2) is 9.97 Å². The SMILES string of the molecule is CCc1cc(NCC2(SC)CC2)nc(C)n1. The van der Waals surface area contributed by atoms with Crippen LogP contribution in [0.2, 0.25) is 0 Å². The monoisotopic (exact) mass is 237 g/mol. The summed E-state index contributed by atoms with van der Waals surface area (Å²) in [5, 5.41) is 3.44. The molecule has 1 fully saturated rings. The quantitative estimate of drug-likeness (QED) is 0.854. The number of nitrogens with one attached hydrogen (secondary N) is 1. The van der Waals surface area contributed by atoms with Gasteiger partial charge in [-0.3, -0.25) is 0 Å². The van der Waals surface area contributed by atoms with Gasteiger partial charge in [0.1, 0.15) is 11.6 Å². The molecule has 4 heteroatoms. The lowest BCUT2D eigenvalue weighted by atomic mass is 10.3. The standard InChI is InChI=1S/C12H19N3S/c1-4-10-7-11(15-9(2)14-10)13-8-12(16-3)5-6-12/h7H,4-6,8H2,1-3H3,(H,13,14,15). The van der Waals surface area contributed by atoms with Crippen LogP contribution in [0.25, 0.3) is 0 Å². The Hall–Kier alpha value is -0.770. The maximum absolute atomic E-state index is 4.42. The Labute approximate surface area is 101 Å². The molecule has 1 aliphatic carbocycles. The van der Waals surface area contributed by atoms with Crippen LogP contribution in [0.15, 0.2) is 6.07 Å². The van der Waals surface area contributed by atoms with Crippen molar-refractivity contribution in [3.63, 3.8) is 0 Å². The van der Waals surface area contributed by atoms with E-state index in [1.165, 1.54) is 12.8 Å². The summed E-state index contributed by atoms with van der Waals surface area (Å²) < 4.78 is 0.477. The molecule has 0 amide bonds. The fraction of sp³-hybridized carbons (Fsp3) is 0.667. The normalized spacial score (nSPS) is 17.2. The molecule has 0 bridgehead atoms. The van der Waals surface area contributed by atoms with Crippen LogP contribution in [0, 0.1) is 6.92 Å². The first-order valence-corrected chi connectivity index (χ1v) is 7.03. The average Bonchev–Trinajstić information content (AvgIpc) is 3.06. The second-order valence-corrected chi connectivity index (χ2v) is 5.66. The van der Waals surface area contributed by atoms with Crippen molar-refractivity contribution in [3.8, 4) is 0 Å². The van der Waals surface area contributed by atoms with Gasteiger partial charge in [-0.2, -0.15) is 11.8 Å². The molecule has 16 heavy (non-hydrogen) atoms. The second kappa shape index (κ2) is 4.62. The number of rotatable bonds is 5. The number of aromatic nitrogens is 2. The predicted octanol–water partition coefficient (Wildman–Crippen LogP) is 2.65. The minimum absolute atomic E-state index is 0.477. The Balaban J connectivity index is 2.01. The minimum atomic E-state index is 0.477. The van der Waals surface area contributed by atoms with E-state index in [9.17, 15) is 0 Å². The number of hydrogen-bond donors (Lipinski definition) is 1. The maximum Gasteiger partial charge on any atom is 0.129 e. The molecule has 0 aliphatic heterocycles. The molecule has 0 atom stereocenters. The van der Waals surface area contributed by atoms with Crippen LogP contribution in [0.1, 0.15) is 31.3 Å². The molecule has 1 aromatic rings. The number of thioether (sulfide) groups is 1. The molecule has 1 saturated carbocycles. The lowest BCUT2D eigenvalue weighted by molar-refractivity contribution is 0.910. The third-order valence-corrected chi connectivity index (χ3v) is 4.50. The van der Waals surface area contributed by atoms with Crippen molar-refractivity contribution in [2.45, 2.75) is 37.9 Å². The molecule has 88 valence electrons. The Bertz CT molecular complexity index is 375. The van der Waals surface area contributed by atoms with E-state index in [1.54, 1.807) is 0 Å². The van der Waals surface area contributed by atoms with Gasteiger partial charge in [-0.1, -0.05) is 6.92 Å². The number of hydrogen-bond acceptors (Lipinski definition) is 4. The van der Waals surface area contributed by atoms with Gasteiger partial charge in [-0.05, 0) is 32.4 Å². The van der Waals surface area contributed by atoms with E-state index >= 15 is 0 Å². The van der Waals surface area contributed by atoms with Gasteiger partial charge >= 0.3 is 0 Å². The number of nitrogens with zero attached hydrogens (tertiary/aromatic N) is 2. The highest BCUT2D eigenvalue weighted by Crippen LogP contribution is 2.46. The van der Waals surface area contributed by atoms with Crippen LogP contribution < -0.4 is 5.32 Å². The molecule has 0 radical (unpaired) electrons. The fourth-order valence-corrected chi connectivity index (χ4v) is 2.47. The summed E-state index contributed by atoms with van der Waals surface area (Å²) in [7, 11) is 0. The molecular weight excluding hydrogens is 218 g/mol. The van der Waals surface area contributed by atoms with Gasteiger partial charge in [0.2, 0.25) is 0 Å². The zero-order valence-electron chi connectivity index (χ0n) is 10.2. The molecule has 2 rings (SSSR count). The second-order valence-electron chi connectivity index (χ2n) is 4.39. The summed E-state index contributed by atoms with van der Waals surface area (Å²) in [6, 6.07) is 2.06. The molecular formula is C12H19N3S. The van der Waals surface area contributed by atoms with Crippen LogP contribution in [-0.4, -0.2) is 27.5 Å². The van der Waals surface area contributed by atoms with E-state index in [2.05, 4.69) is 34.5 Å². The molecule has 1 aromatic heterocycles. The Morgan fingerprint density at radius 1 is 1.44 bits per heavy atom. The number of anilines is 1. The van der Waals surface area contributed by atoms with Crippen LogP contribution in [0.5, 0.6) is 0 Å². The summed E-state index contributed by atoms with van der Waals surface area (Å²) >= 11 is 1.97. The van der Waals surface area contributed by atoms with Crippen molar-refractivity contribution >= 4 is 17.6 Å². The topological polar surface area (TPSA) is 37.8 Å². The van der Waals surface area contributed by atoms with Crippen molar-refractivity contribution in [1.29, 1.82) is 0 Å². The molecule has 1 N–H and O–H groups in total. The molecule has 3 nitrogen and oxygen atoms in total. The zero-order valence-corrected chi connectivity index (χ0v) is 11.0. The van der Waals surface area contributed by atoms with Crippen LogP contribution in [0.4, 0.5) is 5.82 Å². The highest BCUT2D eigenvalue weighted by molar-refractivity contribution is 8.00. The average molecular weight is 237 g/mol. The minimum Gasteiger partial charge on any atom is -0.369 e. The Morgan fingerprint density at radius 2 is 2.19 bits per heavy atom. The predicted molar refractivity (Wildman–Crippen MR) is 70.1 cm³/mol. The van der Waals surface area contributed by atoms with Gasteiger partial charge in [0.05, 0.1) is 0 Å². The van der Waals surface area contributed by atoms with Gasteiger partial charge < -0.3 is 5.32 Å². The largest absolute Gasteiger partial charge is 0.369 e. The van der Waals surface area contributed by atoms with Crippen molar-refractivity contribution in [2.75, 3.05) is 18.1 Å². The molecule has 0 spiro atoms. The third-order valence-electron chi connectivity index (χ3n) is 3.09. The van der Waals surface area contributed by atoms with Crippen LogP contribution >= 0.6 is 11.8 Å². The van der Waals surface area contributed by atoms with E-state index in [0.717, 1.165) is 30.3 Å². The highest BCUT2D eigenvalue weighted by atomic mass is 32.2. The highest BCUT2D eigenvalue weighted by Gasteiger charge is 2.41. The van der Waals surface area contributed by atoms with Gasteiger partial charge in [0.25, 0.3) is 0 Å². The summed E-state index contributed by atoms with van der Waals surface area (Å²) in [5.41, 5.74) is 1.11. The van der Waals surface area contributed by atoms with Crippen molar-refractivity contribution in [1.82, 2.24) is 9.97 Å². The van der Waals surface area contributed by atoms with E-state index in [-0.39, 0.29) is 0 Å². The van der Waals surface area contributed by atoms with Gasteiger partial charge in [0.15, 0.2) is 0 Å². The Morgan fingerprint density at radius 3 is 2.75 bits per heavy atom. The molecule has 1 aliphatic rings. The first-order valence-electron chi connectivity index (χ1n) is 5.81. The Kier molecular flexibility index (Phi) is 3.38. The molecule has 0 saturated heterocycles. The summed E-state index contributed by atoms with van der Waals surface area (Å²) in [4.78, 5) is 8.79. The summed E-state index contributed by atoms with van der Waals surface area (Å²) in [5.74, 6) is 1.83. The van der Waals surface area contributed by atoms with E-state index < -0.39 is 0 Å². The summed E-state index contributed by atoms with van der Waals surface area (Å²) in [6.45, 7) is 5.09. The van der Waals surface area contributed by atoms with Gasteiger partial charge in [-0.15, -0.1) is 0 Å². The smallest absolute Gasteiger partial charge is 0.129 e. The van der Waals surface area contributed by atoms with Crippen LogP contribution in [0.3, 0.4) is 0 Å². The molecule has 0 aromatic carbocycles. The van der Waals surface area contributed by atoms with Crippen molar-refractivity contribution in [3.05, 3.63) is 17.6 Å². The zero-order chi connectivity index (χ0) is 11.6. The first kappa shape index (κ1) is 11.7. The summed E-state index contributed by atoms with van der Waals surface area (Å²) in [6.07, 6.45) is 5.81. The first-order chi connectivity index (χ1) is 7.67. The van der Waals surface area contributed by atoms with Crippen molar-refractivity contribution in [2.24, 2.45) is 0 Å². The molecule has 0 unspecified atom stereocenters. The number of aryl methyl sites for hydroxylation is 2. The maximum atomic E-state index is 4.42. The van der Waals surface area contributed by atoms with E-state index in [4.69, 9.17) is 0 Å². The third kappa shape index (κ3) is 2.67.